The van der Waals surface area contributed by atoms with Gasteiger partial charge < -0.3 is 0 Å². The number of sulfonamides is 1. The predicted octanol–water partition coefficient (Wildman–Crippen LogP) is 1.90. The molecule has 0 radical (unpaired) electrons. The highest BCUT2D eigenvalue weighted by atomic mass is 35.5. The van der Waals surface area contributed by atoms with E-state index in [0.29, 0.717) is 10.6 Å². The molecule has 0 saturated carbocycles. The molecule has 6 nitrogen and oxygen atoms in total. The minimum atomic E-state index is -3.90. The molecule has 1 aliphatic heterocycles. The smallest absolute Gasteiger partial charge is 0.261 e. The lowest BCUT2D eigenvalue weighted by molar-refractivity contribution is 0.250. The van der Waals surface area contributed by atoms with E-state index < -0.39 is 26.2 Å². The van der Waals surface area contributed by atoms with Gasteiger partial charge in [-0.15, -0.1) is 0 Å². The van der Waals surface area contributed by atoms with Gasteiger partial charge in [-0.1, -0.05) is 29.8 Å². The first kappa shape index (κ1) is 17.7. The quantitative estimate of drug-likeness (QED) is 0.583. The van der Waals surface area contributed by atoms with E-state index in [0.717, 1.165) is 10.6 Å². The van der Waals surface area contributed by atoms with E-state index in [4.69, 9.17) is 27.4 Å². The van der Waals surface area contributed by atoms with E-state index in [2.05, 4.69) is 6.58 Å². The third-order valence-electron chi connectivity index (χ3n) is 3.01. The van der Waals surface area contributed by atoms with Crippen molar-refractivity contribution >= 4 is 43.3 Å². The number of nitrogens with zero attached hydrogens (tertiary/aromatic N) is 1. The maximum Gasteiger partial charge on any atom is 0.265 e. The second kappa shape index (κ2) is 6.10. The van der Waals surface area contributed by atoms with Crippen molar-refractivity contribution in [1.29, 1.82) is 0 Å². The van der Waals surface area contributed by atoms with Gasteiger partial charge in [-0.05, 0) is 23.8 Å². The Kier molecular flexibility index (Phi) is 4.91. The second-order valence-electron chi connectivity index (χ2n) is 4.82. The van der Waals surface area contributed by atoms with Crippen molar-refractivity contribution in [2.45, 2.75) is 11.0 Å². The van der Waals surface area contributed by atoms with Crippen molar-refractivity contribution in [2.24, 2.45) is 0 Å². The van der Waals surface area contributed by atoms with Crippen molar-refractivity contribution in [1.82, 2.24) is 4.31 Å². The molecule has 10 heteroatoms. The second-order valence-corrected chi connectivity index (χ2v) is 9.17. The van der Waals surface area contributed by atoms with Gasteiger partial charge in [-0.25, -0.2) is 8.42 Å². The number of benzene rings is 1. The van der Waals surface area contributed by atoms with Crippen molar-refractivity contribution in [3.8, 4) is 0 Å². The molecule has 0 amide bonds. The highest BCUT2D eigenvalue weighted by molar-refractivity contribution is 7.89. The summed E-state index contributed by atoms with van der Waals surface area (Å²) < 4.78 is 53.4. The van der Waals surface area contributed by atoms with Crippen LogP contribution in [-0.2, 0) is 24.3 Å². The Labute approximate surface area is 139 Å². The molecule has 1 aliphatic rings. The molecule has 122 valence electrons. The fraction of sp³-hybridized carbons (Fsp3) is 0.333. The molecule has 2 rings (SSSR count). The standard InChI is InChI=1S/C12H13Cl2NO5S2/c1-8-6-15(7-11(8)20-21(2,16)17)22(18,19)12-4-3-9(13)5-10(12)14/h3-5,11H,1,6-7H2,2H3/t11-/m1/s1. The fourth-order valence-electron chi connectivity index (χ4n) is 2.02. The molecule has 1 saturated heterocycles. The lowest BCUT2D eigenvalue weighted by Crippen LogP contribution is -2.31. The van der Waals surface area contributed by atoms with Crippen LogP contribution in [0.25, 0.3) is 0 Å². The lowest BCUT2D eigenvalue weighted by atomic mass is 10.2. The average Bonchev–Trinajstić information content (AvgIpc) is 2.68. The van der Waals surface area contributed by atoms with Crippen molar-refractivity contribution in [2.75, 3.05) is 19.3 Å². The maximum atomic E-state index is 12.6. The van der Waals surface area contributed by atoms with Crippen molar-refractivity contribution in [3.05, 3.63) is 40.4 Å². The van der Waals surface area contributed by atoms with Crippen LogP contribution < -0.4 is 0 Å². The zero-order valence-corrected chi connectivity index (χ0v) is 14.6. The summed E-state index contributed by atoms with van der Waals surface area (Å²) in [5.74, 6) is 0. The molecule has 22 heavy (non-hydrogen) atoms. The molecule has 1 fully saturated rings. The van der Waals surface area contributed by atoms with Gasteiger partial charge in [-0.3, -0.25) is 4.18 Å². The van der Waals surface area contributed by atoms with E-state index in [1.165, 1.54) is 18.2 Å². The summed E-state index contributed by atoms with van der Waals surface area (Å²) in [6, 6.07) is 4.04. The largest absolute Gasteiger partial charge is 0.265 e. The van der Waals surface area contributed by atoms with Crippen LogP contribution in [0.5, 0.6) is 0 Å². The van der Waals surface area contributed by atoms with Gasteiger partial charge in [-0.2, -0.15) is 12.7 Å². The topological polar surface area (TPSA) is 80.8 Å². The van der Waals surface area contributed by atoms with E-state index in [1.807, 2.05) is 0 Å². The molecule has 1 atom stereocenters. The van der Waals surface area contributed by atoms with E-state index in [1.54, 1.807) is 0 Å². The molecule has 1 heterocycles. The number of hydrogen-bond donors (Lipinski definition) is 0. The van der Waals surface area contributed by atoms with E-state index in [9.17, 15) is 16.8 Å². The summed E-state index contributed by atoms with van der Waals surface area (Å²) in [5.41, 5.74) is 0.360. The third-order valence-corrected chi connectivity index (χ3v) is 6.12. The van der Waals surface area contributed by atoms with E-state index >= 15 is 0 Å². The molecule has 0 spiro atoms. The van der Waals surface area contributed by atoms with Crippen molar-refractivity contribution < 1.29 is 21.0 Å². The molecule has 0 unspecified atom stereocenters. The Bertz CT molecular complexity index is 820. The Morgan fingerprint density at radius 2 is 1.91 bits per heavy atom. The highest BCUT2D eigenvalue weighted by Crippen LogP contribution is 2.31. The molecule has 0 aliphatic carbocycles. The first-order valence-electron chi connectivity index (χ1n) is 6.02. The number of hydrogen-bond acceptors (Lipinski definition) is 5. The van der Waals surface area contributed by atoms with Crippen LogP contribution in [-0.4, -0.2) is 46.6 Å². The minimum absolute atomic E-state index is 0.00871. The number of rotatable bonds is 4. The first-order chi connectivity index (χ1) is 10.0. The maximum absolute atomic E-state index is 12.6. The molecule has 1 aromatic rings. The van der Waals surface area contributed by atoms with Gasteiger partial charge >= 0.3 is 0 Å². The Morgan fingerprint density at radius 3 is 2.45 bits per heavy atom. The van der Waals surface area contributed by atoms with E-state index in [-0.39, 0.29) is 23.0 Å². The van der Waals surface area contributed by atoms with Crippen LogP contribution in [0, 0.1) is 0 Å². The summed E-state index contributed by atoms with van der Waals surface area (Å²) in [7, 11) is -7.61. The monoisotopic (exact) mass is 385 g/mol. The summed E-state index contributed by atoms with van der Waals surface area (Å²) >= 11 is 11.7. The zero-order chi connectivity index (χ0) is 16.7. The fourth-order valence-corrected chi connectivity index (χ4v) is 4.83. The molecular weight excluding hydrogens is 373 g/mol. The van der Waals surface area contributed by atoms with Crippen LogP contribution in [0.2, 0.25) is 10.0 Å². The van der Waals surface area contributed by atoms with Crippen LogP contribution in [0.15, 0.2) is 35.2 Å². The van der Waals surface area contributed by atoms with Gasteiger partial charge in [0.25, 0.3) is 10.1 Å². The molecule has 0 bridgehead atoms. The van der Waals surface area contributed by atoms with Crippen LogP contribution >= 0.6 is 23.2 Å². The SMILES string of the molecule is C=C1CN(S(=O)(=O)c2ccc(Cl)cc2Cl)C[C@H]1OS(C)(=O)=O. The average molecular weight is 386 g/mol. The Morgan fingerprint density at radius 1 is 1.27 bits per heavy atom. The summed E-state index contributed by atoms with van der Waals surface area (Å²) in [4.78, 5) is -0.105. The predicted molar refractivity (Wildman–Crippen MR) is 84.1 cm³/mol. The normalized spacial score (nSPS) is 20.5. The summed E-state index contributed by atoms with van der Waals surface area (Å²) in [5, 5.41) is 0.304. The molecule has 0 N–H and O–H groups in total. The molecule has 0 aromatic heterocycles. The van der Waals surface area contributed by atoms with Crippen molar-refractivity contribution in [3.63, 3.8) is 0 Å². The van der Waals surface area contributed by atoms with Crippen LogP contribution in [0.3, 0.4) is 0 Å². The lowest BCUT2D eigenvalue weighted by Gasteiger charge is -2.17. The van der Waals surface area contributed by atoms with Gasteiger partial charge in [0.2, 0.25) is 10.0 Å². The minimum Gasteiger partial charge on any atom is -0.261 e. The first-order valence-corrected chi connectivity index (χ1v) is 10.0. The zero-order valence-electron chi connectivity index (χ0n) is 11.5. The Hall–Kier alpha value is -0.640. The highest BCUT2D eigenvalue weighted by Gasteiger charge is 2.37. The van der Waals surface area contributed by atoms with Crippen LogP contribution in [0.1, 0.15) is 0 Å². The number of halogens is 2. The van der Waals surface area contributed by atoms with Gasteiger partial charge in [0, 0.05) is 18.1 Å². The van der Waals surface area contributed by atoms with Gasteiger partial charge in [0.05, 0.1) is 11.3 Å². The Balaban J connectivity index is 2.30. The summed E-state index contributed by atoms with van der Waals surface area (Å²) in [6.45, 7) is 3.48. The molecular formula is C12H13Cl2NO5S2. The van der Waals surface area contributed by atoms with Gasteiger partial charge in [0.15, 0.2) is 0 Å². The third kappa shape index (κ3) is 3.81. The summed E-state index contributed by atoms with van der Waals surface area (Å²) in [6.07, 6.45) is -0.0103. The van der Waals surface area contributed by atoms with Crippen LogP contribution in [0.4, 0.5) is 0 Å². The molecule has 1 aromatic carbocycles. The van der Waals surface area contributed by atoms with Gasteiger partial charge in [0.1, 0.15) is 11.0 Å².